The van der Waals surface area contributed by atoms with E-state index in [2.05, 4.69) is 74.6 Å². The summed E-state index contributed by atoms with van der Waals surface area (Å²) < 4.78 is 33.5. The number of esters is 2. The highest BCUT2D eigenvalue weighted by molar-refractivity contribution is 7.47. The summed E-state index contributed by atoms with van der Waals surface area (Å²) >= 11 is 0. The van der Waals surface area contributed by atoms with E-state index in [1.165, 1.54) is 38.5 Å². The Morgan fingerprint density at radius 2 is 0.873 bits per heavy atom. The second kappa shape index (κ2) is 38.5. The van der Waals surface area contributed by atoms with Crippen LogP contribution in [0.2, 0.25) is 0 Å². The third-order valence-electron chi connectivity index (χ3n) is 10.5. The predicted molar refractivity (Wildman–Crippen MR) is 249 cm³/mol. The summed E-state index contributed by atoms with van der Waals surface area (Å²) in [5.74, 6) is -1.18. The molecule has 13 nitrogen and oxygen atoms in total. The maximum atomic E-state index is 12.8. The molecule has 63 heavy (non-hydrogen) atoms. The number of hydrogen-bond donors (Lipinski definition) is 6. The van der Waals surface area contributed by atoms with E-state index in [1.54, 1.807) is 0 Å². The smallest absolute Gasteiger partial charge is 0.462 e. The van der Waals surface area contributed by atoms with Crippen LogP contribution in [0, 0.1) is 0 Å². The van der Waals surface area contributed by atoms with Crippen molar-refractivity contribution in [2.45, 2.75) is 211 Å². The average molecular weight is 911 g/mol. The minimum atomic E-state index is -5.14. The van der Waals surface area contributed by atoms with E-state index in [0.717, 1.165) is 83.5 Å². The number of aliphatic hydroxyl groups is 5. The second-order valence-corrected chi connectivity index (χ2v) is 17.7. The number of ether oxygens (including phenoxy) is 2. The van der Waals surface area contributed by atoms with Gasteiger partial charge in [-0.25, -0.2) is 4.57 Å². The highest BCUT2D eigenvalue weighted by Gasteiger charge is 2.51. The molecule has 0 spiro atoms. The Bertz CT molecular complexity index is 1380. The molecular weight excluding hydrogens is 828 g/mol. The summed E-state index contributed by atoms with van der Waals surface area (Å²) in [6.45, 7) is 3.19. The summed E-state index contributed by atoms with van der Waals surface area (Å²) in [5.41, 5.74) is 0. The minimum Gasteiger partial charge on any atom is -0.462 e. The van der Waals surface area contributed by atoms with Crippen LogP contribution in [0.5, 0.6) is 0 Å². The molecule has 0 radical (unpaired) electrons. The Morgan fingerprint density at radius 3 is 1.35 bits per heavy atom. The van der Waals surface area contributed by atoms with Crippen LogP contribution in [0.3, 0.4) is 0 Å². The fourth-order valence-corrected chi connectivity index (χ4v) is 7.63. The van der Waals surface area contributed by atoms with Gasteiger partial charge < -0.3 is 39.9 Å². The highest BCUT2D eigenvalue weighted by Crippen LogP contribution is 2.47. The van der Waals surface area contributed by atoms with Crippen molar-refractivity contribution in [3.8, 4) is 0 Å². The fourth-order valence-electron chi connectivity index (χ4n) is 6.66. The van der Waals surface area contributed by atoms with Crippen molar-refractivity contribution in [2.75, 3.05) is 13.2 Å². The number of carbonyl (C=O) groups excluding carboxylic acids is 2. The molecular formula is C49H83O13P. The molecule has 1 aliphatic rings. The number of allylic oxidation sites excluding steroid dienone is 12. The monoisotopic (exact) mass is 911 g/mol. The van der Waals surface area contributed by atoms with Crippen LogP contribution in [-0.4, -0.2) is 98.3 Å². The number of rotatable bonds is 38. The summed E-state index contributed by atoms with van der Waals surface area (Å²) in [6.07, 6.45) is 35.2. The van der Waals surface area contributed by atoms with Crippen LogP contribution in [-0.2, 0) is 32.7 Å². The highest BCUT2D eigenvalue weighted by atomic mass is 31.2. The van der Waals surface area contributed by atoms with E-state index in [4.69, 9.17) is 18.5 Å². The first kappa shape index (κ1) is 58.3. The van der Waals surface area contributed by atoms with Crippen LogP contribution in [0.15, 0.2) is 72.9 Å². The average Bonchev–Trinajstić information content (AvgIpc) is 3.26. The van der Waals surface area contributed by atoms with Crippen molar-refractivity contribution in [3.63, 3.8) is 0 Å². The molecule has 1 aliphatic carbocycles. The maximum absolute atomic E-state index is 12.8. The number of aliphatic hydroxyl groups excluding tert-OH is 5. The topological polar surface area (TPSA) is 210 Å². The lowest BCUT2D eigenvalue weighted by molar-refractivity contribution is -0.220. The maximum Gasteiger partial charge on any atom is 0.472 e. The molecule has 0 saturated heterocycles. The molecule has 362 valence electrons. The van der Waals surface area contributed by atoms with Gasteiger partial charge in [0.1, 0.15) is 43.2 Å². The van der Waals surface area contributed by atoms with Gasteiger partial charge in [0.15, 0.2) is 6.10 Å². The number of carbonyl (C=O) groups is 2. The molecule has 0 aromatic heterocycles. The van der Waals surface area contributed by atoms with Gasteiger partial charge in [-0.3, -0.25) is 18.6 Å². The van der Waals surface area contributed by atoms with E-state index in [1.807, 2.05) is 12.2 Å². The SMILES string of the molecule is CCCCC/C=C/C/C=C/C/C=C/C/C=C/CCCC(=O)O[C@@H](COC(=O)CCCCCCCCC/C=C/C/C=C/CCCCC)COP(=O)(O)OC1C(O)C(O)C(O)[C@H](O)C1O. The number of unbranched alkanes of at least 4 members (excludes halogenated alkanes) is 14. The van der Waals surface area contributed by atoms with Crippen molar-refractivity contribution in [2.24, 2.45) is 0 Å². The minimum absolute atomic E-state index is 0.0157. The molecule has 8 atom stereocenters. The van der Waals surface area contributed by atoms with E-state index >= 15 is 0 Å². The zero-order chi connectivity index (χ0) is 46.4. The van der Waals surface area contributed by atoms with Gasteiger partial charge in [-0.15, -0.1) is 0 Å². The second-order valence-electron chi connectivity index (χ2n) is 16.3. The Labute approximate surface area is 378 Å². The largest absolute Gasteiger partial charge is 0.472 e. The van der Waals surface area contributed by atoms with Crippen molar-refractivity contribution >= 4 is 19.8 Å². The molecule has 0 aromatic carbocycles. The summed E-state index contributed by atoms with van der Waals surface area (Å²) in [7, 11) is -5.14. The summed E-state index contributed by atoms with van der Waals surface area (Å²) in [4.78, 5) is 35.7. The van der Waals surface area contributed by atoms with Crippen molar-refractivity contribution in [1.29, 1.82) is 0 Å². The Morgan fingerprint density at radius 1 is 0.492 bits per heavy atom. The van der Waals surface area contributed by atoms with E-state index in [-0.39, 0.29) is 12.8 Å². The van der Waals surface area contributed by atoms with Crippen molar-refractivity contribution in [3.05, 3.63) is 72.9 Å². The number of hydrogen-bond acceptors (Lipinski definition) is 12. The molecule has 0 aliphatic heterocycles. The number of phosphoric ester groups is 1. The standard InChI is InChI=1S/C49H83O13P/c1-3-5-7-9-11-13-15-17-19-21-23-25-27-29-31-33-35-37-42(50)59-39-41(40-60-63(57,58)62-49-47(55)45(53)44(52)46(54)48(49)56)61-43(51)38-36-34-32-30-28-26-24-22-20-18-16-14-12-10-8-6-4-2/h11-14,17-20,24,26,30,32,41,44-49,52-56H,3-10,15-16,21-23,25,27-29,31,33-40H2,1-2H3,(H,57,58)/b13-11+,14-12+,19-17+,20-18+,26-24+,32-30+/t41-,44?,45-,46?,47?,48?,49?/m0/s1. The molecule has 14 heteroatoms. The molecule has 6 unspecified atom stereocenters. The zero-order valence-electron chi connectivity index (χ0n) is 38.3. The third-order valence-corrected chi connectivity index (χ3v) is 11.5. The molecule has 1 saturated carbocycles. The summed E-state index contributed by atoms with van der Waals surface area (Å²) in [5, 5.41) is 50.2. The van der Waals surface area contributed by atoms with E-state index in [0.29, 0.717) is 19.3 Å². The van der Waals surface area contributed by atoms with Gasteiger partial charge in [0.2, 0.25) is 0 Å². The Kier molecular flexibility index (Phi) is 35.7. The van der Waals surface area contributed by atoms with Gasteiger partial charge in [0.05, 0.1) is 6.61 Å². The van der Waals surface area contributed by atoms with Gasteiger partial charge in [-0.1, -0.05) is 145 Å². The zero-order valence-corrected chi connectivity index (χ0v) is 39.2. The molecule has 0 amide bonds. The lowest BCUT2D eigenvalue weighted by Gasteiger charge is -2.41. The van der Waals surface area contributed by atoms with Crippen LogP contribution in [0.4, 0.5) is 0 Å². The van der Waals surface area contributed by atoms with Crippen molar-refractivity contribution in [1.82, 2.24) is 0 Å². The molecule has 6 N–H and O–H groups in total. The van der Waals surface area contributed by atoms with Gasteiger partial charge in [0.25, 0.3) is 0 Å². The quantitative estimate of drug-likeness (QED) is 0.0148. The van der Waals surface area contributed by atoms with Gasteiger partial charge in [-0.05, 0) is 83.5 Å². The van der Waals surface area contributed by atoms with Crippen LogP contribution in [0.1, 0.15) is 168 Å². The lowest BCUT2D eigenvalue weighted by atomic mass is 9.85. The van der Waals surface area contributed by atoms with Crippen molar-refractivity contribution < 1.29 is 63.1 Å². The van der Waals surface area contributed by atoms with Crippen LogP contribution < -0.4 is 0 Å². The van der Waals surface area contributed by atoms with Gasteiger partial charge >= 0.3 is 19.8 Å². The molecule has 0 heterocycles. The molecule has 1 fully saturated rings. The third kappa shape index (κ3) is 31.0. The predicted octanol–water partition coefficient (Wildman–Crippen LogP) is 9.50. The Hall–Kier alpha value is -2.71. The normalized spacial score (nSPS) is 22.3. The molecule has 1 rings (SSSR count). The first-order valence-corrected chi connectivity index (χ1v) is 25.2. The van der Waals surface area contributed by atoms with E-state index < -0.39 is 75.7 Å². The van der Waals surface area contributed by atoms with Gasteiger partial charge in [-0.2, -0.15) is 0 Å². The summed E-state index contributed by atoms with van der Waals surface area (Å²) in [6, 6.07) is 0. The molecule has 0 bridgehead atoms. The van der Waals surface area contributed by atoms with Crippen LogP contribution in [0.25, 0.3) is 0 Å². The number of phosphoric acid groups is 1. The van der Waals surface area contributed by atoms with Crippen LogP contribution >= 0.6 is 7.82 Å². The first-order valence-electron chi connectivity index (χ1n) is 23.7. The van der Waals surface area contributed by atoms with Gasteiger partial charge in [0, 0.05) is 12.8 Å². The lowest BCUT2D eigenvalue weighted by Crippen LogP contribution is -2.64. The molecule has 0 aromatic rings. The first-order chi connectivity index (χ1) is 30.4. The Balaban J connectivity index is 2.50. The fraction of sp³-hybridized carbons (Fsp3) is 0.714. The van der Waals surface area contributed by atoms with E-state index in [9.17, 15) is 44.6 Å².